The quantitative estimate of drug-likeness (QED) is 0.500. The summed E-state index contributed by atoms with van der Waals surface area (Å²) in [5, 5.41) is 12.4. The number of hydrogen-bond acceptors (Lipinski definition) is 6. The first-order valence-corrected chi connectivity index (χ1v) is 12.6. The summed E-state index contributed by atoms with van der Waals surface area (Å²) >= 11 is 1.42. The Bertz CT molecular complexity index is 1130. The van der Waals surface area contributed by atoms with E-state index in [2.05, 4.69) is 46.5 Å². The highest BCUT2D eigenvalue weighted by molar-refractivity contribution is 7.99. The van der Waals surface area contributed by atoms with Gasteiger partial charge in [-0.25, -0.2) is 0 Å². The lowest BCUT2D eigenvalue weighted by Gasteiger charge is -2.31. The molecule has 4 rings (SSSR count). The van der Waals surface area contributed by atoms with E-state index in [0.717, 1.165) is 28.7 Å². The minimum absolute atomic E-state index is 0.0463. The Morgan fingerprint density at radius 1 is 1.15 bits per heavy atom. The highest BCUT2D eigenvalue weighted by Gasteiger charge is 2.27. The predicted octanol–water partition coefficient (Wildman–Crippen LogP) is 3.32. The van der Waals surface area contributed by atoms with Gasteiger partial charge < -0.3 is 14.8 Å². The monoisotopic (exact) mass is 478 g/mol. The first-order valence-electron chi connectivity index (χ1n) is 11.6. The van der Waals surface area contributed by atoms with Crippen LogP contribution in [-0.2, 0) is 22.7 Å². The number of likely N-dealkylation sites (tertiary alicyclic amines) is 1. The molecule has 1 aliphatic heterocycles. The third-order valence-corrected chi connectivity index (χ3v) is 6.99. The van der Waals surface area contributed by atoms with Crippen LogP contribution in [0, 0.1) is 12.8 Å². The summed E-state index contributed by atoms with van der Waals surface area (Å²) in [5.74, 6) is 1.18. The molecule has 0 bridgehead atoms. The van der Waals surface area contributed by atoms with Crippen molar-refractivity contribution in [3.63, 3.8) is 0 Å². The normalized spacial score (nSPS) is 14.2. The van der Waals surface area contributed by atoms with E-state index in [0.29, 0.717) is 38.2 Å². The standard InChI is InChI=1S/C25H30N6O2S/c1-3-31-23(21-8-4-6-18(2)14-21)28-29-25(31)34-17-22(32)30-12-9-20(10-13-30)24(33)27-16-19-7-5-11-26-15-19/h4-8,11,14-15,20H,3,9-10,12-13,16-17H2,1-2H3,(H,27,33). The highest BCUT2D eigenvalue weighted by atomic mass is 32.2. The second-order valence-electron chi connectivity index (χ2n) is 8.44. The summed E-state index contributed by atoms with van der Waals surface area (Å²) in [5.41, 5.74) is 3.17. The molecule has 2 amide bonds. The van der Waals surface area contributed by atoms with Gasteiger partial charge in [0, 0.05) is 50.1 Å². The van der Waals surface area contributed by atoms with Crippen LogP contribution >= 0.6 is 11.8 Å². The average Bonchev–Trinajstić information content (AvgIpc) is 3.29. The highest BCUT2D eigenvalue weighted by Crippen LogP contribution is 2.25. The number of aromatic nitrogens is 4. The number of carbonyl (C=O) groups is 2. The SMILES string of the molecule is CCn1c(SCC(=O)N2CCC(C(=O)NCc3cccnc3)CC2)nnc1-c1cccc(C)c1. The van der Waals surface area contributed by atoms with Crippen LogP contribution < -0.4 is 5.32 Å². The summed E-state index contributed by atoms with van der Waals surface area (Å²) in [6, 6.07) is 12.0. The fraction of sp³-hybridized carbons (Fsp3) is 0.400. The zero-order chi connectivity index (χ0) is 23.9. The number of nitrogens with one attached hydrogen (secondary N) is 1. The first-order chi connectivity index (χ1) is 16.5. The first kappa shape index (κ1) is 23.9. The van der Waals surface area contributed by atoms with Gasteiger partial charge in [-0.3, -0.25) is 14.6 Å². The molecule has 0 spiro atoms. The third-order valence-electron chi connectivity index (χ3n) is 6.04. The second kappa shape index (κ2) is 11.3. The van der Waals surface area contributed by atoms with Gasteiger partial charge in [0.1, 0.15) is 0 Å². The van der Waals surface area contributed by atoms with Crippen molar-refractivity contribution in [2.45, 2.75) is 44.9 Å². The molecule has 1 saturated heterocycles. The molecule has 9 heteroatoms. The molecule has 34 heavy (non-hydrogen) atoms. The zero-order valence-electron chi connectivity index (χ0n) is 19.6. The van der Waals surface area contributed by atoms with E-state index in [1.165, 1.54) is 17.3 Å². The third kappa shape index (κ3) is 5.83. The molecule has 1 aromatic carbocycles. The summed E-state index contributed by atoms with van der Waals surface area (Å²) < 4.78 is 2.05. The molecule has 3 aromatic rings. The van der Waals surface area contributed by atoms with Gasteiger partial charge in [-0.1, -0.05) is 41.6 Å². The fourth-order valence-corrected chi connectivity index (χ4v) is 5.03. The molecule has 178 valence electrons. The number of thioether (sulfide) groups is 1. The van der Waals surface area contributed by atoms with Crippen molar-refractivity contribution in [2.75, 3.05) is 18.8 Å². The smallest absolute Gasteiger partial charge is 0.233 e. The van der Waals surface area contributed by atoms with Gasteiger partial charge in [-0.15, -0.1) is 10.2 Å². The molecule has 0 radical (unpaired) electrons. The van der Waals surface area contributed by atoms with Gasteiger partial charge in [0.05, 0.1) is 5.75 Å². The van der Waals surface area contributed by atoms with Crippen LogP contribution in [-0.4, -0.2) is 55.3 Å². The topological polar surface area (TPSA) is 93.0 Å². The van der Waals surface area contributed by atoms with E-state index >= 15 is 0 Å². The number of piperidine rings is 1. The average molecular weight is 479 g/mol. The van der Waals surface area contributed by atoms with Gasteiger partial charge in [-0.05, 0) is 44.4 Å². The van der Waals surface area contributed by atoms with Crippen molar-refractivity contribution in [3.05, 3.63) is 59.9 Å². The molecule has 0 unspecified atom stereocenters. The van der Waals surface area contributed by atoms with E-state index in [-0.39, 0.29) is 17.7 Å². The van der Waals surface area contributed by atoms with Crippen LogP contribution in [0.3, 0.4) is 0 Å². The van der Waals surface area contributed by atoms with Gasteiger partial charge in [-0.2, -0.15) is 0 Å². The summed E-state index contributed by atoms with van der Waals surface area (Å²) in [6.45, 7) is 6.51. The number of aryl methyl sites for hydroxylation is 1. The lowest BCUT2D eigenvalue weighted by Crippen LogP contribution is -2.43. The second-order valence-corrected chi connectivity index (χ2v) is 9.39. The van der Waals surface area contributed by atoms with Crippen LogP contribution in [0.2, 0.25) is 0 Å². The maximum atomic E-state index is 12.8. The van der Waals surface area contributed by atoms with Gasteiger partial charge in [0.15, 0.2) is 11.0 Å². The number of rotatable bonds is 8. The fourth-order valence-electron chi connectivity index (χ4n) is 4.12. The van der Waals surface area contributed by atoms with E-state index < -0.39 is 0 Å². The molecule has 2 aromatic heterocycles. The van der Waals surface area contributed by atoms with Gasteiger partial charge in [0.25, 0.3) is 0 Å². The van der Waals surface area contributed by atoms with Crippen molar-refractivity contribution in [3.8, 4) is 11.4 Å². The number of benzene rings is 1. The van der Waals surface area contributed by atoms with Crippen LogP contribution in [0.1, 0.15) is 30.9 Å². The van der Waals surface area contributed by atoms with E-state index in [1.807, 2.05) is 33.7 Å². The lowest BCUT2D eigenvalue weighted by atomic mass is 9.96. The Labute approximate surface area is 204 Å². The number of carbonyl (C=O) groups excluding carboxylic acids is 2. The molecule has 0 atom stereocenters. The van der Waals surface area contributed by atoms with Crippen LogP contribution in [0.5, 0.6) is 0 Å². The van der Waals surface area contributed by atoms with Crippen molar-refractivity contribution in [1.82, 2.24) is 30.0 Å². The van der Waals surface area contributed by atoms with Gasteiger partial charge >= 0.3 is 0 Å². The Hall–Kier alpha value is -3.20. The predicted molar refractivity (Wildman–Crippen MR) is 132 cm³/mol. The zero-order valence-corrected chi connectivity index (χ0v) is 20.4. The minimum atomic E-state index is -0.0616. The molecule has 1 N–H and O–H groups in total. The van der Waals surface area contributed by atoms with Crippen LogP contribution in [0.4, 0.5) is 0 Å². The van der Waals surface area contributed by atoms with E-state index in [1.54, 1.807) is 12.4 Å². The van der Waals surface area contributed by atoms with Crippen molar-refractivity contribution in [1.29, 1.82) is 0 Å². The largest absolute Gasteiger partial charge is 0.352 e. The Balaban J connectivity index is 1.26. The Morgan fingerprint density at radius 3 is 2.68 bits per heavy atom. The summed E-state index contributed by atoms with van der Waals surface area (Å²) in [4.78, 5) is 31.3. The number of nitrogens with zero attached hydrogens (tertiary/aromatic N) is 5. The number of hydrogen-bond donors (Lipinski definition) is 1. The van der Waals surface area contributed by atoms with Crippen LogP contribution in [0.25, 0.3) is 11.4 Å². The summed E-state index contributed by atoms with van der Waals surface area (Å²) in [7, 11) is 0. The lowest BCUT2D eigenvalue weighted by molar-refractivity contribution is -0.133. The van der Waals surface area contributed by atoms with E-state index in [9.17, 15) is 9.59 Å². The minimum Gasteiger partial charge on any atom is -0.352 e. The molecule has 1 fully saturated rings. The maximum absolute atomic E-state index is 12.8. The van der Waals surface area contributed by atoms with Crippen molar-refractivity contribution in [2.24, 2.45) is 5.92 Å². The molecular weight excluding hydrogens is 448 g/mol. The Kier molecular flexibility index (Phi) is 7.95. The van der Waals surface area contributed by atoms with Crippen molar-refractivity contribution >= 4 is 23.6 Å². The molecule has 0 saturated carbocycles. The molecule has 1 aliphatic rings. The summed E-state index contributed by atoms with van der Waals surface area (Å²) in [6.07, 6.45) is 4.82. The van der Waals surface area contributed by atoms with Crippen molar-refractivity contribution < 1.29 is 9.59 Å². The van der Waals surface area contributed by atoms with Crippen LogP contribution in [0.15, 0.2) is 53.9 Å². The Morgan fingerprint density at radius 2 is 1.97 bits per heavy atom. The molecule has 0 aliphatic carbocycles. The number of pyridine rings is 1. The van der Waals surface area contributed by atoms with E-state index in [4.69, 9.17) is 0 Å². The van der Waals surface area contributed by atoms with Gasteiger partial charge in [0.2, 0.25) is 11.8 Å². The maximum Gasteiger partial charge on any atom is 0.233 e. The number of amides is 2. The molecule has 8 nitrogen and oxygen atoms in total. The molecule has 3 heterocycles. The molecular formula is C25H30N6O2S.